The molecule has 0 aliphatic carbocycles. The van der Waals surface area contributed by atoms with Crippen LogP contribution in [0.25, 0.3) is 6.08 Å². The van der Waals surface area contributed by atoms with E-state index >= 15 is 0 Å². The van der Waals surface area contributed by atoms with Gasteiger partial charge in [-0.2, -0.15) is 0 Å². The Labute approximate surface area is 139 Å². The third-order valence-corrected chi connectivity index (χ3v) is 3.81. The zero-order valence-corrected chi connectivity index (χ0v) is 13.7. The van der Waals surface area contributed by atoms with Crippen molar-refractivity contribution in [3.63, 3.8) is 0 Å². The minimum atomic E-state index is -0.357. The number of amides is 1. The highest BCUT2D eigenvalue weighted by atomic mass is 35.5. The Hall–Kier alpha value is -1.97. The molecule has 0 radical (unpaired) electrons. The molecule has 22 heavy (non-hydrogen) atoms. The number of aryl methyl sites for hydroxylation is 2. The first-order valence-electron chi connectivity index (χ1n) is 6.61. The third-order valence-electron chi connectivity index (χ3n) is 3.25. The predicted octanol–water partition coefficient (Wildman–Crippen LogP) is 4.97. The number of carbonyl (C=O) groups is 1. The molecule has 0 atom stereocenters. The molecule has 0 aliphatic heterocycles. The SMILES string of the molecule is Cc1cc(O)c(NC(=O)C=Cc2ccc(Cl)cc2Cl)cc1C. The summed E-state index contributed by atoms with van der Waals surface area (Å²) in [6.45, 7) is 3.80. The molecule has 2 rings (SSSR count). The van der Waals surface area contributed by atoms with Crippen LogP contribution in [0.4, 0.5) is 5.69 Å². The minimum Gasteiger partial charge on any atom is -0.506 e. The highest BCUT2D eigenvalue weighted by molar-refractivity contribution is 6.35. The van der Waals surface area contributed by atoms with Crippen LogP contribution < -0.4 is 5.32 Å². The molecule has 3 nitrogen and oxygen atoms in total. The second-order valence-electron chi connectivity index (χ2n) is 4.94. The van der Waals surface area contributed by atoms with E-state index < -0.39 is 0 Å². The Bertz CT molecular complexity index is 755. The summed E-state index contributed by atoms with van der Waals surface area (Å²) in [5.41, 5.74) is 3.00. The maximum absolute atomic E-state index is 11.9. The molecule has 0 unspecified atom stereocenters. The largest absolute Gasteiger partial charge is 0.506 e. The fourth-order valence-corrected chi connectivity index (χ4v) is 2.35. The van der Waals surface area contributed by atoms with Gasteiger partial charge in [0.1, 0.15) is 5.75 Å². The van der Waals surface area contributed by atoms with Gasteiger partial charge < -0.3 is 10.4 Å². The van der Waals surface area contributed by atoms with E-state index in [9.17, 15) is 9.90 Å². The molecule has 0 saturated heterocycles. The molecule has 1 amide bonds. The topological polar surface area (TPSA) is 49.3 Å². The molecule has 2 aromatic rings. The number of hydrogen-bond donors (Lipinski definition) is 2. The Balaban J connectivity index is 2.13. The van der Waals surface area contributed by atoms with Gasteiger partial charge in [-0.3, -0.25) is 4.79 Å². The van der Waals surface area contributed by atoms with Gasteiger partial charge in [0, 0.05) is 16.1 Å². The standard InChI is InChI=1S/C17H15Cl2NO2/c1-10-7-15(16(21)8-11(10)2)20-17(22)6-4-12-3-5-13(18)9-14(12)19/h3-9,21H,1-2H3,(H,20,22). The molecule has 0 fully saturated rings. The van der Waals surface area contributed by atoms with Crippen molar-refractivity contribution in [3.05, 3.63) is 63.1 Å². The first-order valence-corrected chi connectivity index (χ1v) is 7.37. The van der Waals surface area contributed by atoms with Gasteiger partial charge in [0.05, 0.1) is 5.69 Å². The highest BCUT2D eigenvalue weighted by Crippen LogP contribution is 2.27. The number of nitrogens with one attached hydrogen (secondary N) is 1. The normalized spacial score (nSPS) is 10.9. The summed E-state index contributed by atoms with van der Waals surface area (Å²) in [6, 6.07) is 8.37. The summed E-state index contributed by atoms with van der Waals surface area (Å²) in [5.74, 6) is -0.320. The highest BCUT2D eigenvalue weighted by Gasteiger charge is 2.06. The Kier molecular flexibility index (Phi) is 5.11. The summed E-state index contributed by atoms with van der Waals surface area (Å²) in [4.78, 5) is 11.9. The maximum atomic E-state index is 11.9. The first kappa shape index (κ1) is 16.4. The lowest BCUT2D eigenvalue weighted by Crippen LogP contribution is -2.08. The van der Waals surface area contributed by atoms with E-state index in [0.717, 1.165) is 11.1 Å². The summed E-state index contributed by atoms with van der Waals surface area (Å²) >= 11 is 11.8. The second-order valence-corrected chi connectivity index (χ2v) is 5.79. The maximum Gasteiger partial charge on any atom is 0.248 e. The smallest absolute Gasteiger partial charge is 0.248 e. The lowest BCUT2D eigenvalue weighted by atomic mass is 10.1. The van der Waals surface area contributed by atoms with Crippen LogP contribution in [0.2, 0.25) is 10.0 Å². The number of phenols is 1. The van der Waals surface area contributed by atoms with Gasteiger partial charge in [-0.25, -0.2) is 0 Å². The van der Waals surface area contributed by atoms with E-state index in [-0.39, 0.29) is 11.7 Å². The molecule has 0 heterocycles. The molecule has 2 N–H and O–H groups in total. The molecule has 2 aromatic carbocycles. The molecule has 0 aliphatic rings. The van der Waals surface area contributed by atoms with Gasteiger partial charge in [0.15, 0.2) is 0 Å². The van der Waals surface area contributed by atoms with Crippen LogP contribution in [0.5, 0.6) is 5.75 Å². The molecule has 114 valence electrons. The number of halogens is 2. The van der Waals surface area contributed by atoms with E-state index in [1.807, 2.05) is 13.8 Å². The van der Waals surface area contributed by atoms with Crippen molar-refractivity contribution in [2.24, 2.45) is 0 Å². The van der Waals surface area contributed by atoms with E-state index in [2.05, 4.69) is 5.32 Å². The van der Waals surface area contributed by atoms with Gasteiger partial charge in [0.2, 0.25) is 5.91 Å². The van der Waals surface area contributed by atoms with Crippen LogP contribution in [0, 0.1) is 13.8 Å². The molecular weight excluding hydrogens is 321 g/mol. The summed E-state index contributed by atoms with van der Waals surface area (Å²) in [6.07, 6.45) is 2.94. The van der Waals surface area contributed by atoms with Crippen molar-refractivity contribution < 1.29 is 9.90 Å². The summed E-state index contributed by atoms with van der Waals surface area (Å²) in [7, 11) is 0. The van der Waals surface area contributed by atoms with Crippen LogP contribution in [0.1, 0.15) is 16.7 Å². The van der Waals surface area contributed by atoms with Crippen molar-refractivity contribution in [2.75, 3.05) is 5.32 Å². The Morgan fingerprint density at radius 2 is 1.82 bits per heavy atom. The number of phenolic OH excluding ortho intramolecular Hbond substituents is 1. The van der Waals surface area contributed by atoms with Crippen molar-refractivity contribution in [3.8, 4) is 5.75 Å². The van der Waals surface area contributed by atoms with Crippen LogP contribution in [0.15, 0.2) is 36.4 Å². The molecule has 0 saturated carbocycles. The quantitative estimate of drug-likeness (QED) is 0.614. The number of anilines is 1. The van der Waals surface area contributed by atoms with Crippen molar-refractivity contribution in [1.82, 2.24) is 0 Å². The van der Waals surface area contributed by atoms with E-state index in [1.165, 1.54) is 6.08 Å². The first-order chi connectivity index (χ1) is 10.4. The van der Waals surface area contributed by atoms with Crippen LogP contribution in [0.3, 0.4) is 0 Å². The predicted molar refractivity (Wildman–Crippen MR) is 91.7 cm³/mol. The van der Waals surface area contributed by atoms with Crippen molar-refractivity contribution in [2.45, 2.75) is 13.8 Å². The van der Waals surface area contributed by atoms with E-state index in [4.69, 9.17) is 23.2 Å². The summed E-state index contributed by atoms with van der Waals surface area (Å²) < 4.78 is 0. The lowest BCUT2D eigenvalue weighted by molar-refractivity contribution is -0.111. The zero-order valence-electron chi connectivity index (χ0n) is 12.2. The van der Waals surface area contributed by atoms with Crippen molar-refractivity contribution in [1.29, 1.82) is 0 Å². The zero-order chi connectivity index (χ0) is 16.3. The van der Waals surface area contributed by atoms with Gasteiger partial charge in [0.25, 0.3) is 0 Å². The summed E-state index contributed by atoms with van der Waals surface area (Å²) in [5, 5.41) is 13.5. The van der Waals surface area contributed by atoms with Crippen LogP contribution >= 0.6 is 23.2 Å². The van der Waals surface area contributed by atoms with Gasteiger partial charge in [-0.1, -0.05) is 29.3 Å². The molecule has 5 heteroatoms. The fourth-order valence-electron chi connectivity index (χ4n) is 1.88. The fraction of sp³-hybridized carbons (Fsp3) is 0.118. The number of aromatic hydroxyl groups is 1. The molecule has 0 spiro atoms. The molecular formula is C17H15Cl2NO2. The van der Waals surface area contributed by atoms with Gasteiger partial charge >= 0.3 is 0 Å². The van der Waals surface area contributed by atoms with Crippen LogP contribution in [-0.4, -0.2) is 11.0 Å². The number of benzene rings is 2. The number of rotatable bonds is 3. The van der Waals surface area contributed by atoms with Gasteiger partial charge in [-0.05, 0) is 60.9 Å². The van der Waals surface area contributed by atoms with E-state index in [1.54, 1.807) is 36.4 Å². The average Bonchev–Trinajstić information content (AvgIpc) is 2.44. The molecule has 0 aromatic heterocycles. The number of carbonyl (C=O) groups excluding carboxylic acids is 1. The Morgan fingerprint density at radius 1 is 1.14 bits per heavy atom. The van der Waals surface area contributed by atoms with Crippen LogP contribution in [-0.2, 0) is 4.79 Å². The lowest BCUT2D eigenvalue weighted by Gasteiger charge is -2.08. The average molecular weight is 336 g/mol. The second kappa shape index (κ2) is 6.86. The third kappa shape index (κ3) is 4.03. The van der Waals surface area contributed by atoms with Crippen molar-refractivity contribution >= 4 is 40.9 Å². The monoisotopic (exact) mass is 335 g/mol. The minimum absolute atomic E-state index is 0.0365. The Morgan fingerprint density at radius 3 is 2.50 bits per heavy atom. The molecule has 0 bridgehead atoms. The van der Waals surface area contributed by atoms with E-state index in [0.29, 0.717) is 21.3 Å². The number of hydrogen-bond acceptors (Lipinski definition) is 2. The van der Waals surface area contributed by atoms with Gasteiger partial charge in [-0.15, -0.1) is 0 Å².